The summed E-state index contributed by atoms with van der Waals surface area (Å²) in [5, 5.41) is 3.52. The van der Waals surface area contributed by atoms with Gasteiger partial charge in [0.1, 0.15) is 11.6 Å². The number of thioether (sulfide) groups is 1. The van der Waals surface area contributed by atoms with Crippen molar-refractivity contribution in [2.45, 2.75) is 29.0 Å². The van der Waals surface area contributed by atoms with Crippen LogP contribution in [0.5, 0.6) is 0 Å². The topological polar surface area (TPSA) is 12.0 Å². The van der Waals surface area contributed by atoms with E-state index in [9.17, 15) is 8.78 Å². The smallest absolute Gasteiger partial charge is 0.136 e. The van der Waals surface area contributed by atoms with Crippen LogP contribution >= 0.6 is 11.8 Å². The van der Waals surface area contributed by atoms with E-state index in [4.69, 9.17) is 0 Å². The van der Waals surface area contributed by atoms with Crippen molar-refractivity contribution in [2.75, 3.05) is 7.05 Å². The van der Waals surface area contributed by atoms with Gasteiger partial charge in [-0.1, -0.05) is 24.3 Å². The van der Waals surface area contributed by atoms with Crippen LogP contribution in [0.3, 0.4) is 0 Å². The lowest BCUT2D eigenvalue weighted by Gasteiger charge is -2.33. The van der Waals surface area contributed by atoms with Crippen LogP contribution < -0.4 is 5.32 Å². The molecule has 4 heteroatoms. The number of benzene rings is 2. The SMILES string of the molecule is CNC1c2ccccc2CCC1Sc1cc(F)ccc1F. The second-order valence-electron chi connectivity index (χ2n) is 5.23. The molecule has 2 aromatic carbocycles. The standard InChI is InChI=1S/C17H17F2NS/c1-20-17-13-5-3-2-4-11(13)6-9-15(17)21-16-10-12(18)7-8-14(16)19/h2-5,7-8,10,15,17,20H,6,9H2,1H3. The minimum atomic E-state index is -0.392. The fourth-order valence-corrected chi connectivity index (χ4v) is 4.27. The van der Waals surface area contributed by atoms with Gasteiger partial charge in [0.2, 0.25) is 0 Å². The summed E-state index contributed by atoms with van der Waals surface area (Å²) in [7, 11) is 1.92. The second kappa shape index (κ2) is 6.16. The van der Waals surface area contributed by atoms with E-state index in [0.717, 1.165) is 18.9 Å². The molecule has 1 aliphatic carbocycles. The molecule has 0 radical (unpaired) electrons. The molecule has 0 saturated carbocycles. The highest BCUT2D eigenvalue weighted by Crippen LogP contribution is 2.40. The third-order valence-corrected chi connectivity index (χ3v) is 5.32. The number of halogens is 2. The molecule has 0 aromatic heterocycles. The first-order valence-electron chi connectivity index (χ1n) is 7.06. The second-order valence-corrected chi connectivity index (χ2v) is 6.52. The first-order chi connectivity index (χ1) is 10.2. The van der Waals surface area contributed by atoms with Gasteiger partial charge in [0.05, 0.1) is 0 Å². The third-order valence-electron chi connectivity index (χ3n) is 3.94. The summed E-state index contributed by atoms with van der Waals surface area (Å²) in [5.41, 5.74) is 2.61. The fraction of sp³-hybridized carbons (Fsp3) is 0.294. The molecule has 2 aromatic rings. The highest BCUT2D eigenvalue weighted by molar-refractivity contribution is 8.00. The Morgan fingerprint density at radius 1 is 1.14 bits per heavy atom. The Balaban J connectivity index is 1.88. The number of rotatable bonds is 3. The van der Waals surface area contributed by atoms with Gasteiger partial charge in [0, 0.05) is 16.2 Å². The quantitative estimate of drug-likeness (QED) is 0.905. The van der Waals surface area contributed by atoms with Crippen LogP contribution in [0.4, 0.5) is 8.78 Å². The van der Waals surface area contributed by atoms with E-state index < -0.39 is 5.82 Å². The van der Waals surface area contributed by atoms with Gasteiger partial charge in [-0.3, -0.25) is 0 Å². The lowest BCUT2D eigenvalue weighted by molar-refractivity contribution is 0.508. The molecule has 1 N–H and O–H groups in total. The minimum Gasteiger partial charge on any atom is -0.312 e. The highest BCUT2D eigenvalue weighted by atomic mass is 32.2. The zero-order chi connectivity index (χ0) is 14.8. The maximum Gasteiger partial charge on any atom is 0.136 e. The van der Waals surface area contributed by atoms with E-state index in [-0.39, 0.29) is 17.1 Å². The molecule has 0 fully saturated rings. The molecule has 1 nitrogen and oxygen atoms in total. The Kier molecular flexibility index (Phi) is 4.27. The van der Waals surface area contributed by atoms with Crippen molar-refractivity contribution in [3.63, 3.8) is 0 Å². The number of hydrogen-bond acceptors (Lipinski definition) is 2. The summed E-state index contributed by atoms with van der Waals surface area (Å²) >= 11 is 1.42. The van der Waals surface area contributed by atoms with Gasteiger partial charge in [0.15, 0.2) is 0 Å². The van der Waals surface area contributed by atoms with Gasteiger partial charge in [-0.2, -0.15) is 0 Å². The van der Waals surface area contributed by atoms with E-state index in [0.29, 0.717) is 4.90 Å². The maximum absolute atomic E-state index is 13.8. The molecule has 2 atom stereocenters. The largest absolute Gasteiger partial charge is 0.312 e. The molecule has 0 saturated heterocycles. The lowest BCUT2D eigenvalue weighted by atomic mass is 9.87. The molecule has 2 unspecified atom stereocenters. The highest BCUT2D eigenvalue weighted by Gasteiger charge is 2.29. The third kappa shape index (κ3) is 2.97. The van der Waals surface area contributed by atoms with Crippen LogP contribution in [0.15, 0.2) is 47.4 Å². The Bertz CT molecular complexity index is 644. The molecule has 110 valence electrons. The summed E-state index contributed by atoms with van der Waals surface area (Å²) in [6.45, 7) is 0. The Hall–Kier alpha value is -1.39. The normalized spacial score (nSPS) is 21.1. The molecule has 0 heterocycles. The van der Waals surface area contributed by atoms with Crippen LogP contribution in [-0.2, 0) is 6.42 Å². The summed E-state index contributed by atoms with van der Waals surface area (Å²) in [6.07, 6.45) is 1.92. The van der Waals surface area contributed by atoms with Crippen molar-refractivity contribution in [3.8, 4) is 0 Å². The van der Waals surface area contributed by atoms with Gasteiger partial charge in [-0.05, 0) is 49.2 Å². The predicted octanol–water partition coefficient (Wildman–Crippen LogP) is 4.33. The predicted molar refractivity (Wildman–Crippen MR) is 82.6 cm³/mol. The molecule has 0 amide bonds. The average molecular weight is 305 g/mol. The van der Waals surface area contributed by atoms with Gasteiger partial charge < -0.3 is 5.32 Å². The van der Waals surface area contributed by atoms with E-state index in [1.54, 1.807) is 0 Å². The summed E-state index contributed by atoms with van der Waals surface area (Å²) in [5.74, 6) is -0.744. The molecule has 0 aliphatic heterocycles. The van der Waals surface area contributed by atoms with Crippen molar-refractivity contribution in [3.05, 3.63) is 65.2 Å². The Morgan fingerprint density at radius 3 is 2.76 bits per heavy atom. The van der Waals surface area contributed by atoms with Gasteiger partial charge >= 0.3 is 0 Å². The molecule has 1 aliphatic rings. The summed E-state index contributed by atoms with van der Waals surface area (Å²) in [4.78, 5) is 0.389. The number of nitrogens with one attached hydrogen (secondary N) is 1. The Morgan fingerprint density at radius 2 is 1.95 bits per heavy atom. The van der Waals surface area contributed by atoms with Crippen LogP contribution in [0.1, 0.15) is 23.6 Å². The minimum absolute atomic E-state index is 0.155. The molecular weight excluding hydrogens is 288 g/mol. The van der Waals surface area contributed by atoms with Gasteiger partial charge in [0.25, 0.3) is 0 Å². The Labute approximate surface area is 127 Å². The van der Waals surface area contributed by atoms with Gasteiger partial charge in [-0.25, -0.2) is 8.78 Å². The van der Waals surface area contributed by atoms with E-state index in [2.05, 4.69) is 17.4 Å². The summed E-state index contributed by atoms with van der Waals surface area (Å²) < 4.78 is 27.2. The van der Waals surface area contributed by atoms with E-state index >= 15 is 0 Å². The van der Waals surface area contributed by atoms with E-state index in [1.165, 1.54) is 35.0 Å². The van der Waals surface area contributed by atoms with Crippen LogP contribution in [0.25, 0.3) is 0 Å². The maximum atomic E-state index is 13.8. The molecule has 21 heavy (non-hydrogen) atoms. The number of aryl methyl sites for hydroxylation is 1. The lowest BCUT2D eigenvalue weighted by Crippen LogP contribution is -2.32. The molecule has 0 spiro atoms. The summed E-state index contributed by atoms with van der Waals surface area (Å²) in [6, 6.07) is 12.1. The zero-order valence-electron chi connectivity index (χ0n) is 11.8. The number of fused-ring (bicyclic) bond motifs is 1. The van der Waals surface area contributed by atoms with Crippen LogP contribution in [0.2, 0.25) is 0 Å². The zero-order valence-corrected chi connectivity index (χ0v) is 12.6. The average Bonchev–Trinajstić information content (AvgIpc) is 2.50. The number of hydrogen-bond donors (Lipinski definition) is 1. The van der Waals surface area contributed by atoms with Crippen LogP contribution in [0, 0.1) is 11.6 Å². The monoisotopic (exact) mass is 305 g/mol. The van der Waals surface area contributed by atoms with E-state index in [1.807, 2.05) is 19.2 Å². The van der Waals surface area contributed by atoms with Gasteiger partial charge in [-0.15, -0.1) is 11.8 Å². The first-order valence-corrected chi connectivity index (χ1v) is 7.94. The molecule has 3 rings (SSSR count). The fourth-order valence-electron chi connectivity index (χ4n) is 2.93. The van der Waals surface area contributed by atoms with Crippen molar-refractivity contribution >= 4 is 11.8 Å². The van der Waals surface area contributed by atoms with Crippen molar-refractivity contribution < 1.29 is 8.78 Å². The van der Waals surface area contributed by atoms with Crippen molar-refractivity contribution in [1.29, 1.82) is 0 Å². The molecule has 0 bridgehead atoms. The van der Waals surface area contributed by atoms with Crippen molar-refractivity contribution in [1.82, 2.24) is 5.32 Å². The first kappa shape index (κ1) is 14.5. The van der Waals surface area contributed by atoms with Crippen molar-refractivity contribution in [2.24, 2.45) is 0 Å². The van der Waals surface area contributed by atoms with Crippen LogP contribution in [-0.4, -0.2) is 12.3 Å². The molecular formula is C17H17F2NS.